The first kappa shape index (κ1) is 11.7. The molecular formula is C12H9N3O3S. The minimum atomic E-state index is -0.975. The van der Waals surface area contributed by atoms with E-state index in [4.69, 9.17) is 5.11 Å². The van der Waals surface area contributed by atoms with Crippen LogP contribution in [0.25, 0.3) is 21.6 Å². The number of H-pyrrole nitrogens is 2. The second kappa shape index (κ2) is 4.06. The third-order valence-corrected chi connectivity index (χ3v) is 3.95. The van der Waals surface area contributed by atoms with Crippen molar-refractivity contribution in [1.29, 1.82) is 0 Å². The van der Waals surface area contributed by atoms with Crippen molar-refractivity contribution in [2.75, 3.05) is 0 Å². The predicted molar refractivity (Wildman–Crippen MR) is 71.7 cm³/mol. The molecule has 0 atom stereocenters. The van der Waals surface area contributed by atoms with Crippen molar-refractivity contribution in [2.24, 2.45) is 0 Å². The van der Waals surface area contributed by atoms with Crippen molar-refractivity contribution in [3.63, 3.8) is 0 Å². The van der Waals surface area contributed by atoms with Gasteiger partial charge in [0.2, 0.25) is 0 Å². The molecule has 6 nitrogen and oxygen atoms in total. The Bertz CT molecular complexity index is 843. The number of fused-ring (bicyclic) bond motifs is 1. The number of nitrogens with one attached hydrogen (secondary N) is 2. The molecule has 0 amide bonds. The Kier molecular flexibility index (Phi) is 2.49. The van der Waals surface area contributed by atoms with Gasteiger partial charge in [-0.05, 0) is 25.1 Å². The number of rotatable bonds is 2. The van der Waals surface area contributed by atoms with E-state index in [1.807, 2.05) is 0 Å². The first-order chi connectivity index (χ1) is 9.04. The molecule has 0 aliphatic rings. The quantitative estimate of drug-likeness (QED) is 0.666. The lowest BCUT2D eigenvalue weighted by molar-refractivity contribution is 0.0701. The van der Waals surface area contributed by atoms with Crippen LogP contribution in [0.3, 0.4) is 0 Å². The summed E-state index contributed by atoms with van der Waals surface area (Å²) in [7, 11) is 0. The van der Waals surface area contributed by atoms with Crippen LogP contribution in [0.5, 0.6) is 0 Å². The largest absolute Gasteiger partial charge is 0.477 e. The molecule has 0 saturated heterocycles. The molecule has 3 aromatic rings. The molecule has 2 aromatic heterocycles. The van der Waals surface area contributed by atoms with Crippen molar-refractivity contribution in [3.8, 4) is 10.6 Å². The number of carboxylic acids is 1. The number of aromatic nitrogens is 3. The van der Waals surface area contributed by atoms with Crippen LogP contribution in [0.2, 0.25) is 0 Å². The number of imidazole rings is 1. The maximum atomic E-state index is 11.2. The Morgan fingerprint density at radius 1 is 1.32 bits per heavy atom. The lowest BCUT2D eigenvalue weighted by Gasteiger charge is -1.95. The smallest absolute Gasteiger partial charge is 0.347 e. The third kappa shape index (κ3) is 1.93. The Morgan fingerprint density at radius 3 is 2.74 bits per heavy atom. The van der Waals surface area contributed by atoms with E-state index in [1.54, 1.807) is 25.1 Å². The molecule has 96 valence electrons. The van der Waals surface area contributed by atoms with Crippen LogP contribution in [0.1, 0.15) is 15.4 Å². The molecule has 0 unspecified atom stereocenters. The summed E-state index contributed by atoms with van der Waals surface area (Å²) in [4.78, 5) is 32.0. The predicted octanol–water partition coefficient (Wildman–Crippen LogP) is 1.99. The summed E-state index contributed by atoms with van der Waals surface area (Å²) >= 11 is 1.12. The van der Waals surface area contributed by atoms with Crippen LogP contribution in [-0.4, -0.2) is 26.0 Å². The van der Waals surface area contributed by atoms with E-state index in [0.29, 0.717) is 21.7 Å². The zero-order valence-electron chi connectivity index (χ0n) is 9.85. The van der Waals surface area contributed by atoms with Crippen LogP contribution < -0.4 is 5.69 Å². The molecule has 3 rings (SSSR count). The first-order valence-electron chi connectivity index (χ1n) is 5.48. The molecule has 7 heteroatoms. The number of carbonyl (C=O) groups is 1. The van der Waals surface area contributed by atoms with Crippen LogP contribution in [-0.2, 0) is 0 Å². The number of hydrogen-bond donors (Lipinski definition) is 3. The highest BCUT2D eigenvalue weighted by atomic mass is 32.1. The highest BCUT2D eigenvalue weighted by Gasteiger charge is 2.15. The topological polar surface area (TPSA) is 98.8 Å². The number of nitrogens with zero attached hydrogens (tertiary/aromatic N) is 1. The van der Waals surface area contributed by atoms with Crippen molar-refractivity contribution < 1.29 is 9.90 Å². The molecule has 0 aliphatic carbocycles. The van der Waals surface area contributed by atoms with E-state index in [0.717, 1.165) is 16.9 Å². The number of aromatic carboxylic acids is 1. The lowest BCUT2D eigenvalue weighted by atomic mass is 10.2. The van der Waals surface area contributed by atoms with Gasteiger partial charge >= 0.3 is 11.7 Å². The van der Waals surface area contributed by atoms with Gasteiger partial charge in [0, 0.05) is 5.56 Å². The van der Waals surface area contributed by atoms with Crippen molar-refractivity contribution in [2.45, 2.75) is 6.92 Å². The normalized spacial score (nSPS) is 11.0. The first-order valence-corrected chi connectivity index (χ1v) is 6.29. The fraction of sp³-hybridized carbons (Fsp3) is 0.0833. The zero-order chi connectivity index (χ0) is 13.6. The minimum Gasteiger partial charge on any atom is -0.477 e. The number of benzene rings is 1. The average Bonchev–Trinajstić information content (AvgIpc) is 2.89. The number of carboxylic acid groups (broad SMARTS) is 1. The molecule has 0 fully saturated rings. The van der Waals surface area contributed by atoms with Gasteiger partial charge in [0.25, 0.3) is 0 Å². The van der Waals surface area contributed by atoms with E-state index >= 15 is 0 Å². The molecule has 0 bridgehead atoms. The van der Waals surface area contributed by atoms with Gasteiger partial charge in [-0.1, -0.05) is 0 Å². The van der Waals surface area contributed by atoms with Gasteiger partial charge in [0.15, 0.2) is 0 Å². The van der Waals surface area contributed by atoms with Gasteiger partial charge in [-0.2, -0.15) is 0 Å². The van der Waals surface area contributed by atoms with Gasteiger partial charge in [-0.15, -0.1) is 11.3 Å². The summed E-state index contributed by atoms with van der Waals surface area (Å²) in [6.07, 6.45) is 0. The van der Waals surface area contributed by atoms with E-state index in [2.05, 4.69) is 15.0 Å². The second-order valence-electron chi connectivity index (χ2n) is 4.08. The van der Waals surface area contributed by atoms with Crippen LogP contribution >= 0.6 is 11.3 Å². The van der Waals surface area contributed by atoms with Crippen LogP contribution in [0.15, 0.2) is 23.0 Å². The summed E-state index contributed by atoms with van der Waals surface area (Å²) in [5.41, 5.74) is 2.39. The zero-order valence-corrected chi connectivity index (χ0v) is 10.7. The van der Waals surface area contributed by atoms with E-state index in [1.165, 1.54) is 0 Å². The van der Waals surface area contributed by atoms with Gasteiger partial charge in [0.05, 0.1) is 16.7 Å². The highest BCUT2D eigenvalue weighted by molar-refractivity contribution is 7.17. The van der Waals surface area contributed by atoms with Crippen LogP contribution in [0.4, 0.5) is 0 Å². The summed E-state index contributed by atoms with van der Waals surface area (Å²) < 4.78 is 0. The number of hydrogen-bond acceptors (Lipinski definition) is 4. The lowest BCUT2D eigenvalue weighted by Crippen LogP contribution is -1.99. The summed E-state index contributed by atoms with van der Waals surface area (Å²) in [5.74, 6) is -0.975. The Hall–Kier alpha value is -2.41. The highest BCUT2D eigenvalue weighted by Crippen LogP contribution is 2.29. The second-order valence-corrected chi connectivity index (χ2v) is 5.08. The monoisotopic (exact) mass is 275 g/mol. The number of aryl methyl sites for hydroxylation is 1. The molecule has 0 aliphatic heterocycles. The average molecular weight is 275 g/mol. The maximum absolute atomic E-state index is 11.2. The van der Waals surface area contributed by atoms with Gasteiger partial charge < -0.3 is 15.1 Å². The molecular weight excluding hydrogens is 266 g/mol. The Morgan fingerprint density at radius 2 is 2.05 bits per heavy atom. The molecule has 19 heavy (non-hydrogen) atoms. The number of thiazole rings is 1. The van der Waals surface area contributed by atoms with Crippen molar-refractivity contribution in [3.05, 3.63) is 39.3 Å². The van der Waals surface area contributed by atoms with Gasteiger partial charge in [0.1, 0.15) is 9.88 Å². The third-order valence-electron chi connectivity index (χ3n) is 2.75. The SMILES string of the molecule is Cc1nc(-c2ccc3[nH]c(=O)[nH]c3c2)sc1C(=O)O. The van der Waals surface area contributed by atoms with E-state index < -0.39 is 5.97 Å². The number of aromatic amines is 2. The summed E-state index contributed by atoms with van der Waals surface area (Å²) in [6.45, 7) is 1.67. The Balaban J connectivity index is 2.15. The molecule has 3 N–H and O–H groups in total. The van der Waals surface area contributed by atoms with Crippen LogP contribution in [0, 0.1) is 6.92 Å². The van der Waals surface area contributed by atoms with Gasteiger partial charge in [-0.3, -0.25) is 0 Å². The van der Waals surface area contributed by atoms with Crippen molar-refractivity contribution >= 4 is 28.3 Å². The molecule has 1 aromatic carbocycles. The molecule has 2 heterocycles. The minimum absolute atomic E-state index is 0.234. The Labute approximate surface area is 110 Å². The maximum Gasteiger partial charge on any atom is 0.347 e. The van der Waals surface area contributed by atoms with Crippen molar-refractivity contribution in [1.82, 2.24) is 15.0 Å². The summed E-state index contributed by atoms with van der Waals surface area (Å²) in [5, 5.41) is 9.64. The molecule has 0 saturated carbocycles. The molecule has 0 radical (unpaired) electrons. The van der Waals surface area contributed by atoms with Gasteiger partial charge in [-0.25, -0.2) is 14.6 Å². The molecule has 0 spiro atoms. The summed E-state index contributed by atoms with van der Waals surface area (Å²) in [6, 6.07) is 5.34. The fourth-order valence-electron chi connectivity index (χ4n) is 1.88. The van der Waals surface area contributed by atoms with E-state index in [-0.39, 0.29) is 10.6 Å². The van der Waals surface area contributed by atoms with E-state index in [9.17, 15) is 9.59 Å². The fourth-order valence-corrected chi connectivity index (χ4v) is 2.79. The standard InChI is InChI=1S/C12H9N3O3S/c1-5-9(11(16)17)19-10(13-5)6-2-3-7-8(4-6)15-12(18)14-7/h2-4H,1H3,(H,16,17)(H2,14,15,18).